The Morgan fingerprint density at radius 2 is 1.19 bits per heavy atom. The Morgan fingerprint density at radius 3 is 1.87 bits per heavy atom. The maximum absolute atomic E-state index is 3.80. The molecule has 5 rings (SSSR count). The van der Waals surface area contributed by atoms with E-state index in [1.807, 2.05) is 0 Å². The summed E-state index contributed by atoms with van der Waals surface area (Å²) >= 11 is 0. The maximum Gasteiger partial charge on any atom is 0.104 e. The molecule has 0 fully saturated rings. The average Bonchev–Trinajstić information content (AvgIpc) is 2.85. The smallest absolute Gasteiger partial charge is 0.104 e. The monoisotopic (exact) mass is 402 g/mol. The third kappa shape index (κ3) is 4.30. The lowest BCUT2D eigenvalue weighted by molar-refractivity contribution is 0.442. The zero-order valence-corrected chi connectivity index (χ0v) is 17.6. The quantitative estimate of drug-likeness (QED) is 0.400. The van der Waals surface area contributed by atoms with Crippen molar-refractivity contribution in [1.82, 2.24) is 10.6 Å². The molecule has 152 valence electrons. The molecule has 4 aromatic rings. The SMILES string of the molecule is Cc1cc(-c2ccccc2)cc(C2C=C(c3ccccc3)NC(c3ccccc3)N2)c1. The first kappa shape index (κ1) is 19.3. The fourth-order valence-electron chi connectivity index (χ4n) is 4.24. The summed E-state index contributed by atoms with van der Waals surface area (Å²) in [6, 6.07) is 38.7. The molecule has 2 unspecified atom stereocenters. The molecule has 1 aliphatic heterocycles. The van der Waals surface area contributed by atoms with Crippen LogP contribution >= 0.6 is 0 Å². The van der Waals surface area contributed by atoms with Crippen LogP contribution in [0.4, 0.5) is 0 Å². The van der Waals surface area contributed by atoms with Gasteiger partial charge in [0.25, 0.3) is 0 Å². The van der Waals surface area contributed by atoms with Gasteiger partial charge < -0.3 is 5.32 Å². The number of benzene rings is 4. The second-order valence-corrected chi connectivity index (χ2v) is 8.08. The minimum Gasteiger partial charge on any atom is -0.366 e. The Bertz CT molecular complexity index is 1180. The minimum absolute atomic E-state index is 0.0343. The van der Waals surface area contributed by atoms with Crippen molar-refractivity contribution in [2.45, 2.75) is 19.1 Å². The highest BCUT2D eigenvalue weighted by Gasteiger charge is 2.24. The molecule has 0 aromatic heterocycles. The standard InChI is InChI=1S/C29H26N2/c1-21-17-25(22-11-5-2-6-12-22)19-26(18-21)28-20-27(23-13-7-3-8-14-23)30-29(31-28)24-15-9-4-10-16-24/h2-20,28-31H,1H3. The van der Waals surface area contributed by atoms with Gasteiger partial charge in [-0.3, -0.25) is 5.32 Å². The second kappa shape index (κ2) is 8.63. The fourth-order valence-corrected chi connectivity index (χ4v) is 4.24. The summed E-state index contributed by atoms with van der Waals surface area (Å²) in [5, 5.41) is 7.50. The molecule has 0 bridgehead atoms. The summed E-state index contributed by atoms with van der Waals surface area (Å²) in [7, 11) is 0. The van der Waals surface area contributed by atoms with E-state index in [0.717, 1.165) is 5.70 Å². The van der Waals surface area contributed by atoms with Gasteiger partial charge in [-0.25, -0.2) is 0 Å². The Morgan fingerprint density at radius 1 is 0.581 bits per heavy atom. The van der Waals surface area contributed by atoms with Crippen molar-refractivity contribution in [2.24, 2.45) is 0 Å². The van der Waals surface area contributed by atoms with Crippen LogP contribution in [0.15, 0.2) is 115 Å². The van der Waals surface area contributed by atoms with E-state index in [0.29, 0.717) is 0 Å². The van der Waals surface area contributed by atoms with Crippen LogP contribution in [-0.4, -0.2) is 0 Å². The molecule has 2 N–H and O–H groups in total. The largest absolute Gasteiger partial charge is 0.366 e. The van der Waals surface area contributed by atoms with Gasteiger partial charge in [0.1, 0.15) is 6.17 Å². The molecular weight excluding hydrogens is 376 g/mol. The number of hydrogen-bond donors (Lipinski definition) is 2. The third-order valence-corrected chi connectivity index (χ3v) is 5.76. The first-order chi connectivity index (χ1) is 15.3. The molecule has 2 heteroatoms. The molecule has 0 saturated heterocycles. The molecule has 31 heavy (non-hydrogen) atoms. The molecule has 0 saturated carbocycles. The Hall–Kier alpha value is -3.62. The van der Waals surface area contributed by atoms with Gasteiger partial charge in [-0.2, -0.15) is 0 Å². The number of rotatable bonds is 4. The van der Waals surface area contributed by atoms with Crippen LogP contribution in [0.2, 0.25) is 0 Å². The highest BCUT2D eigenvalue weighted by Crippen LogP contribution is 2.32. The summed E-state index contributed by atoms with van der Waals surface area (Å²) in [4.78, 5) is 0. The lowest BCUT2D eigenvalue weighted by Crippen LogP contribution is -2.39. The fraction of sp³-hybridized carbons (Fsp3) is 0.103. The van der Waals surface area contributed by atoms with E-state index in [4.69, 9.17) is 0 Å². The lowest BCUT2D eigenvalue weighted by atomic mass is 9.94. The molecule has 4 aromatic carbocycles. The number of nitrogens with one attached hydrogen (secondary N) is 2. The normalized spacial score (nSPS) is 18.2. The van der Waals surface area contributed by atoms with Crippen molar-refractivity contribution < 1.29 is 0 Å². The molecule has 1 aliphatic rings. The van der Waals surface area contributed by atoms with Gasteiger partial charge >= 0.3 is 0 Å². The predicted molar refractivity (Wildman–Crippen MR) is 129 cm³/mol. The molecule has 0 amide bonds. The van der Waals surface area contributed by atoms with Crippen molar-refractivity contribution >= 4 is 5.70 Å². The third-order valence-electron chi connectivity index (χ3n) is 5.76. The van der Waals surface area contributed by atoms with Gasteiger partial charge in [0.2, 0.25) is 0 Å². The van der Waals surface area contributed by atoms with Crippen LogP contribution in [0.25, 0.3) is 16.8 Å². The van der Waals surface area contributed by atoms with Gasteiger partial charge in [-0.05, 0) is 46.9 Å². The van der Waals surface area contributed by atoms with E-state index in [1.54, 1.807) is 0 Å². The predicted octanol–water partition coefficient (Wildman–Crippen LogP) is 6.64. The van der Waals surface area contributed by atoms with Gasteiger partial charge in [0.05, 0.1) is 6.04 Å². The molecule has 0 aliphatic carbocycles. The molecule has 1 heterocycles. The molecule has 2 nitrogen and oxygen atoms in total. The Kier molecular flexibility index (Phi) is 5.39. The van der Waals surface area contributed by atoms with E-state index >= 15 is 0 Å². The molecule has 0 spiro atoms. The van der Waals surface area contributed by atoms with Gasteiger partial charge in [-0.15, -0.1) is 0 Å². The van der Waals surface area contributed by atoms with Crippen LogP contribution in [0.3, 0.4) is 0 Å². The van der Waals surface area contributed by atoms with Crippen molar-refractivity contribution in [3.63, 3.8) is 0 Å². The Balaban J connectivity index is 1.57. The van der Waals surface area contributed by atoms with Crippen LogP contribution in [0.5, 0.6) is 0 Å². The average molecular weight is 403 g/mol. The second-order valence-electron chi connectivity index (χ2n) is 8.08. The van der Waals surface area contributed by atoms with E-state index in [9.17, 15) is 0 Å². The van der Waals surface area contributed by atoms with E-state index in [2.05, 4.69) is 133 Å². The summed E-state index contributed by atoms with van der Waals surface area (Å²) in [6.07, 6.45) is 2.34. The summed E-state index contributed by atoms with van der Waals surface area (Å²) < 4.78 is 0. The number of hydrogen-bond acceptors (Lipinski definition) is 2. The van der Waals surface area contributed by atoms with E-state index < -0.39 is 0 Å². The molecule has 0 radical (unpaired) electrons. The van der Waals surface area contributed by atoms with Crippen molar-refractivity contribution in [1.29, 1.82) is 0 Å². The Labute approximate surface area is 184 Å². The summed E-state index contributed by atoms with van der Waals surface area (Å²) in [6.45, 7) is 2.17. The van der Waals surface area contributed by atoms with Crippen LogP contribution < -0.4 is 10.6 Å². The van der Waals surface area contributed by atoms with E-state index in [-0.39, 0.29) is 12.2 Å². The van der Waals surface area contributed by atoms with E-state index in [1.165, 1.54) is 33.4 Å². The topological polar surface area (TPSA) is 24.1 Å². The van der Waals surface area contributed by atoms with Crippen molar-refractivity contribution in [3.8, 4) is 11.1 Å². The van der Waals surface area contributed by atoms with Gasteiger partial charge in [0, 0.05) is 5.70 Å². The van der Waals surface area contributed by atoms with Crippen molar-refractivity contribution in [2.75, 3.05) is 0 Å². The molecule has 2 atom stereocenters. The number of aryl methyl sites for hydroxylation is 1. The van der Waals surface area contributed by atoms with Crippen molar-refractivity contribution in [3.05, 3.63) is 138 Å². The zero-order valence-electron chi connectivity index (χ0n) is 17.6. The lowest BCUT2D eigenvalue weighted by Gasteiger charge is -2.33. The van der Waals surface area contributed by atoms with Crippen LogP contribution in [0.1, 0.15) is 34.5 Å². The minimum atomic E-state index is 0.0343. The highest BCUT2D eigenvalue weighted by molar-refractivity contribution is 5.68. The van der Waals surface area contributed by atoms with Gasteiger partial charge in [-0.1, -0.05) is 109 Å². The zero-order chi connectivity index (χ0) is 21.0. The van der Waals surface area contributed by atoms with Crippen LogP contribution in [0, 0.1) is 6.92 Å². The van der Waals surface area contributed by atoms with Gasteiger partial charge in [0.15, 0.2) is 0 Å². The summed E-state index contributed by atoms with van der Waals surface area (Å²) in [5.74, 6) is 0. The maximum atomic E-state index is 3.80. The first-order valence-corrected chi connectivity index (χ1v) is 10.8. The first-order valence-electron chi connectivity index (χ1n) is 10.8. The van der Waals surface area contributed by atoms with Crippen LogP contribution in [-0.2, 0) is 0 Å². The summed E-state index contributed by atoms with van der Waals surface area (Å²) in [5.41, 5.74) is 8.62. The highest BCUT2D eigenvalue weighted by atomic mass is 15.2. The molecular formula is C29H26N2.